The van der Waals surface area contributed by atoms with Gasteiger partial charge in [0.05, 0.1) is 0 Å². The number of hydrogen-bond donors (Lipinski definition) is 0. The fraction of sp³-hybridized carbons (Fsp3) is 1.00. The summed E-state index contributed by atoms with van der Waals surface area (Å²) in [5.74, 6) is 0. The lowest BCUT2D eigenvalue weighted by Gasteiger charge is -2.39. The molecule has 98 valence electrons. The highest BCUT2D eigenvalue weighted by atomic mass is 15.6. The van der Waals surface area contributed by atoms with E-state index in [4.69, 9.17) is 0 Å². The molecule has 0 heterocycles. The minimum absolute atomic E-state index is 0.733. The van der Waals surface area contributed by atoms with E-state index >= 15 is 0 Å². The monoisotopic (exact) mass is 228 g/mol. The van der Waals surface area contributed by atoms with E-state index in [0.29, 0.717) is 0 Å². The Hall–Kier alpha value is -0.0800. The van der Waals surface area contributed by atoms with Gasteiger partial charge in [-0.15, -0.1) is 0 Å². The first-order valence-electron chi connectivity index (χ1n) is 7.26. The molecule has 0 amide bonds. The molecule has 0 saturated carbocycles. The predicted octanol–water partition coefficient (Wildman–Crippen LogP) is 3.92. The summed E-state index contributed by atoms with van der Waals surface area (Å²) >= 11 is 0. The van der Waals surface area contributed by atoms with E-state index in [1.54, 1.807) is 0 Å². The molecule has 0 radical (unpaired) electrons. The summed E-state index contributed by atoms with van der Waals surface area (Å²) in [5.41, 5.74) is 0. The Bertz CT molecular complexity index is 128. The van der Waals surface area contributed by atoms with Gasteiger partial charge in [0.15, 0.2) is 0 Å². The molecule has 0 aliphatic rings. The molecule has 2 nitrogen and oxygen atoms in total. The Balaban J connectivity index is 4.34. The van der Waals surface area contributed by atoms with Gasteiger partial charge in [-0.2, -0.15) is 0 Å². The van der Waals surface area contributed by atoms with Crippen LogP contribution in [0.4, 0.5) is 0 Å². The van der Waals surface area contributed by atoms with Crippen molar-refractivity contribution < 1.29 is 0 Å². The van der Waals surface area contributed by atoms with Crippen LogP contribution in [0.2, 0.25) is 0 Å². The fourth-order valence-electron chi connectivity index (χ4n) is 2.38. The summed E-state index contributed by atoms with van der Waals surface area (Å²) in [6.45, 7) is 14.9. The highest BCUT2D eigenvalue weighted by molar-refractivity contribution is 4.67. The van der Waals surface area contributed by atoms with E-state index in [0.717, 1.165) is 19.1 Å². The molecular formula is C14H32N2. The van der Waals surface area contributed by atoms with Gasteiger partial charge in [-0.25, -0.2) is 10.0 Å². The smallest absolute Gasteiger partial charge is 0.0240 e. The van der Waals surface area contributed by atoms with Crippen LogP contribution in [0.15, 0.2) is 0 Å². The Morgan fingerprint density at radius 2 is 1.38 bits per heavy atom. The predicted molar refractivity (Wildman–Crippen MR) is 73.5 cm³/mol. The van der Waals surface area contributed by atoms with Crippen molar-refractivity contribution in [1.29, 1.82) is 0 Å². The van der Waals surface area contributed by atoms with Gasteiger partial charge in [0.2, 0.25) is 0 Å². The second kappa shape index (κ2) is 10.1. The summed E-state index contributed by atoms with van der Waals surface area (Å²) in [6.07, 6.45) is 6.54. The zero-order chi connectivity index (χ0) is 12.4. The van der Waals surface area contributed by atoms with Gasteiger partial charge in [-0.1, -0.05) is 47.5 Å². The van der Waals surface area contributed by atoms with Crippen LogP contribution in [0.5, 0.6) is 0 Å². The summed E-state index contributed by atoms with van der Waals surface area (Å²) in [5, 5.41) is 5.13. The van der Waals surface area contributed by atoms with Crippen LogP contribution in [0.3, 0.4) is 0 Å². The third-order valence-electron chi connectivity index (χ3n) is 3.45. The number of nitrogens with zero attached hydrogens (tertiary/aromatic N) is 2. The van der Waals surface area contributed by atoms with Gasteiger partial charge in [0.25, 0.3) is 0 Å². The first kappa shape index (κ1) is 15.9. The molecule has 0 rings (SSSR count). The molecule has 0 saturated heterocycles. The lowest BCUT2D eigenvalue weighted by atomic mass is 10.1. The van der Waals surface area contributed by atoms with Gasteiger partial charge >= 0.3 is 0 Å². The number of unbranched alkanes of at least 4 members (excludes halogenated alkanes) is 2. The Morgan fingerprint density at radius 1 is 0.812 bits per heavy atom. The maximum atomic E-state index is 2.62. The van der Waals surface area contributed by atoms with Gasteiger partial charge in [0.1, 0.15) is 0 Å². The Kier molecular flexibility index (Phi) is 10.0. The Labute approximate surface area is 103 Å². The topological polar surface area (TPSA) is 6.48 Å². The largest absolute Gasteiger partial charge is 0.242 e. The summed E-state index contributed by atoms with van der Waals surface area (Å²) in [7, 11) is 0. The van der Waals surface area contributed by atoms with Crippen molar-refractivity contribution in [2.24, 2.45) is 0 Å². The van der Waals surface area contributed by atoms with Gasteiger partial charge in [-0.3, -0.25) is 0 Å². The van der Waals surface area contributed by atoms with Crippen LogP contribution < -0.4 is 0 Å². The normalized spacial score (nSPS) is 12.0. The van der Waals surface area contributed by atoms with Crippen molar-refractivity contribution in [2.45, 2.75) is 72.8 Å². The maximum absolute atomic E-state index is 2.62. The Morgan fingerprint density at radius 3 is 1.75 bits per heavy atom. The van der Waals surface area contributed by atoms with Crippen LogP contribution in [0.25, 0.3) is 0 Å². The molecular weight excluding hydrogens is 196 g/mol. The van der Waals surface area contributed by atoms with E-state index in [1.807, 2.05) is 0 Å². The van der Waals surface area contributed by atoms with Crippen molar-refractivity contribution in [3.05, 3.63) is 0 Å². The highest BCUT2D eigenvalue weighted by Gasteiger charge is 2.19. The molecule has 0 atom stereocenters. The average Bonchev–Trinajstić information content (AvgIpc) is 2.31. The van der Waals surface area contributed by atoms with E-state index in [1.165, 1.54) is 38.6 Å². The van der Waals surface area contributed by atoms with Gasteiger partial charge in [0, 0.05) is 25.7 Å². The standard InChI is InChI=1S/C14H32N2/c1-6-11-12-13-16(14(7-2)8-3)15(9-4)10-5/h14H,6-13H2,1-5H3. The molecule has 0 N–H and O–H groups in total. The average molecular weight is 228 g/mol. The molecule has 0 aromatic heterocycles. The molecule has 0 spiro atoms. The molecule has 0 aliphatic heterocycles. The first-order valence-corrected chi connectivity index (χ1v) is 7.26. The lowest BCUT2D eigenvalue weighted by molar-refractivity contribution is -0.0573. The van der Waals surface area contributed by atoms with Crippen LogP contribution in [0, 0.1) is 0 Å². The second-order valence-electron chi connectivity index (χ2n) is 4.48. The van der Waals surface area contributed by atoms with Crippen LogP contribution >= 0.6 is 0 Å². The van der Waals surface area contributed by atoms with E-state index in [-0.39, 0.29) is 0 Å². The van der Waals surface area contributed by atoms with Crippen LogP contribution in [-0.4, -0.2) is 35.7 Å². The molecule has 0 aromatic carbocycles. The SMILES string of the molecule is CCCCCN(C(CC)CC)N(CC)CC. The molecule has 0 bridgehead atoms. The number of rotatable bonds is 10. The van der Waals surface area contributed by atoms with Crippen molar-refractivity contribution in [1.82, 2.24) is 10.0 Å². The lowest BCUT2D eigenvalue weighted by Crippen LogP contribution is -2.48. The highest BCUT2D eigenvalue weighted by Crippen LogP contribution is 2.13. The molecule has 0 aliphatic carbocycles. The molecule has 0 fully saturated rings. The zero-order valence-corrected chi connectivity index (χ0v) is 12.1. The van der Waals surface area contributed by atoms with Gasteiger partial charge < -0.3 is 0 Å². The first-order chi connectivity index (χ1) is 7.74. The van der Waals surface area contributed by atoms with Crippen molar-refractivity contribution in [3.63, 3.8) is 0 Å². The summed E-state index contributed by atoms with van der Waals surface area (Å²) in [6, 6.07) is 0.733. The van der Waals surface area contributed by atoms with Crippen molar-refractivity contribution >= 4 is 0 Å². The number of hydrazine groups is 1. The van der Waals surface area contributed by atoms with Gasteiger partial charge in [-0.05, 0) is 19.3 Å². The van der Waals surface area contributed by atoms with Crippen LogP contribution in [-0.2, 0) is 0 Å². The minimum atomic E-state index is 0.733. The second-order valence-corrected chi connectivity index (χ2v) is 4.48. The minimum Gasteiger partial charge on any atom is -0.242 e. The molecule has 0 aromatic rings. The molecule has 0 unspecified atom stereocenters. The summed E-state index contributed by atoms with van der Waals surface area (Å²) in [4.78, 5) is 0. The van der Waals surface area contributed by atoms with Crippen LogP contribution in [0.1, 0.15) is 66.7 Å². The molecule has 16 heavy (non-hydrogen) atoms. The van der Waals surface area contributed by atoms with E-state index in [9.17, 15) is 0 Å². The summed E-state index contributed by atoms with van der Waals surface area (Å²) < 4.78 is 0. The van der Waals surface area contributed by atoms with Crippen molar-refractivity contribution in [2.75, 3.05) is 19.6 Å². The molecule has 2 heteroatoms. The van der Waals surface area contributed by atoms with Crippen molar-refractivity contribution in [3.8, 4) is 0 Å². The maximum Gasteiger partial charge on any atom is 0.0240 e. The number of hydrogen-bond acceptors (Lipinski definition) is 2. The third kappa shape index (κ3) is 5.31. The third-order valence-corrected chi connectivity index (χ3v) is 3.45. The quantitative estimate of drug-likeness (QED) is 0.413. The zero-order valence-electron chi connectivity index (χ0n) is 12.1. The van der Waals surface area contributed by atoms with E-state index in [2.05, 4.69) is 44.6 Å². The fourth-order valence-corrected chi connectivity index (χ4v) is 2.38. The van der Waals surface area contributed by atoms with E-state index < -0.39 is 0 Å².